The molecule has 0 atom stereocenters. The molecule has 0 aliphatic heterocycles. The van der Waals surface area contributed by atoms with Gasteiger partial charge in [-0.1, -0.05) is 6.07 Å². The minimum atomic E-state index is -0.132. The van der Waals surface area contributed by atoms with Gasteiger partial charge in [0.05, 0.1) is 22.4 Å². The van der Waals surface area contributed by atoms with E-state index in [-0.39, 0.29) is 5.91 Å². The first-order valence-corrected chi connectivity index (χ1v) is 7.64. The van der Waals surface area contributed by atoms with Crippen LogP contribution in [0.4, 0.5) is 0 Å². The minimum Gasteiger partial charge on any atom is -0.334 e. The third kappa shape index (κ3) is 2.52. The summed E-state index contributed by atoms with van der Waals surface area (Å²) in [5, 5.41) is 4.27. The number of amides is 1. The number of carbonyl (C=O) groups is 1. The molecule has 0 bridgehead atoms. The number of aryl methyl sites for hydroxylation is 1. The third-order valence-corrected chi connectivity index (χ3v) is 4.57. The molecule has 7 heteroatoms. The monoisotopic (exact) mass is 361 g/mol. The van der Waals surface area contributed by atoms with E-state index in [0.717, 1.165) is 21.5 Å². The lowest BCUT2D eigenvalue weighted by atomic mass is 10.3. The number of rotatable bonds is 3. The van der Waals surface area contributed by atoms with Gasteiger partial charge < -0.3 is 9.30 Å². The van der Waals surface area contributed by atoms with Crippen molar-refractivity contribution >= 4 is 27.5 Å². The zero-order chi connectivity index (χ0) is 15.9. The first-order chi connectivity index (χ1) is 10.5. The molecule has 3 rings (SSSR count). The maximum Gasteiger partial charge on any atom is 0.275 e. The molecule has 114 valence electrons. The number of hydrogen-bond donors (Lipinski definition) is 0. The molecular weight excluding hydrogens is 346 g/mol. The molecule has 6 nitrogen and oxygen atoms in total. The molecule has 0 N–H and O–H groups in total. The van der Waals surface area contributed by atoms with Gasteiger partial charge in [0.1, 0.15) is 5.65 Å². The van der Waals surface area contributed by atoms with Crippen molar-refractivity contribution in [2.24, 2.45) is 7.05 Å². The molecule has 1 amide bonds. The predicted octanol–water partition coefficient (Wildman–Crippen LogP) is 2.41. The summed E-state index contributed by atoms with van der Waals surface area (Å²) in [4.78, 5) is 18.7. The van der Waals surface area contributed by atoms with E-state index < -0.39 is 0 Å². The molecule has 0 fully saturated rings. The van der Waals surface area contributed by atoms with Crippen LogP contribution < -0.4 is 0 Å². The minimum absolute atomic E-state index is 0.132. The van der Waals surface area contributed by atoms with E-state index in [9.17, 15) is 4.79 Å². The summed E-state index contributed by atoms with van der Waals surface area (Å²) < 4.78 is 4.37. The Bertz CT molecular complexity index is 818. The number of fused-ring (bicyclic) bond motifs is 1. The molecular formula is C15H16BrN5O. The first-order valence-electron chi connectivity index (χ1n) is 6.84. The summed E-state index contributed by atoms with van der Waals surface area (Å²) in [5.41, 5.74) is 3.05. The van der Waals surface area contributed by atoms with E-state index in [1.54, 1.807) is 16.6 Å². The normalized spacial score (nSPS) is 11.1. The summed E-state index contributed by atoms with van der Waals surface area (Å²) in [5.74, 6) is -0.132. The molecule has 3 aromatic rings. The summed E-state index contributed by atoms with van der Waals surface area (Å²) in [6.07, 6.45) is 3.87. The van der Waals surface area contributed by atoms with Gasteiger partial charge in [0.25, 0.3) is 5.91 Å². The fraction of sp³-hybridized carbons (Fsp3) is 0.267. The van der Waals surface area contributed by atoms with Gasteiger partial charge in [0, 0.05) is 26.5 Å². The number of halogens is 1. The number of imidazole rings is 1. The van der Waals surface area contributed by atoms with Crippen molar-refractivity contribution in [2.75, 3.05) is 7.05 Å². The predicted molar refractivity (Wildman–Crippen MR) is 86.6 cm³/mol. The molecule has 0 saturated heterocycles. The zero-order valence-corrected chi connectivity index (χ0v) is 14.2. The Labute approximate surface area is 136 Å². The molecule has 0 saturated carbocycles. The lowest BCUT2D eigenvalue weighted by Crippen LogP contribution is -2.27. The van der Waals surface area contributed by atoms with Gasteiger partial charge in [-0.25, -0.2) is 4.98 Å². The van der Waals surface area contributed by atoms with E-state index in [2.05, 4.69) is 26.0 Å². The summed E-state index contributed by atoms with van der Waals surface area (Å²) >= 11 is 3.43. The van der Waals surface area contributed by atoms with Crippen LogP contribution in [0.25, 0.3) is 5.65 Å². The van der Waals surface area contributed by atoms with Crippen LogP contribution in [0.3, 0.4) is 0 Å². The molecule has 22 heavy (non-hydrogen) atoms. The number of nitrogens with zero attached hydrogens (tertiary/aromatic N) is 5. The second-order valence-corrected chi connectivity index (χ2v) is 6.02. The fourth-order valence-corrected chi connectivity index (χ4v) is 2.78. The van der Waals surface area contributed by atoms with Gasteiger partial charge in [-0.3, -0.25) is 9.48 Å². The van der Waals surface area contributed by atoms with Gasteiger partial charge in [0.2, 0.25) is 0 Å². The van der Waals surface area contributed by atoms with Crippen molar-refractivity contribution in [2.45, 2.75) is 13.5 Å². The highest BCUT2D eigenvalue weighted by atomic mass is 79.9. The average molecular weight is 362 g/mol. The van der Waals surface area contributed by atoms with Crippen LogP contribution in [-0.2, 0) is 13.6 Å². The number of carbonyl (C=O) groups excluding carboxylic acids is 1. The highest BCUT2D eigenvalue weighted by Crippen LogP contribution is 2.21. The van der Waals surface area contributed by atoms with Crippen LogP contribution in [0, 0.1) is 6.92 Å². The topological polar surface area (TPSA) is 55.4 Å². The van der Waals surface area contributed by atoms with E-state index in [4.69, 9.17) is 0 Å². The molecule has 0 aliphatic rings. The van der Waals surface area contributed by atoms with Crippen molar-refractivity contribution in [3.8, 4) is 0 Å². The molecule has 0 unspecified atom stereocenters. The quantitative estimate of drug-likeness (QED) is 0.719. The van der Waals surface area contributed by atoms with Crippen molar-refractivity contribution in [1.82, 2.24) is 24.1 Å². The standard InChI is InChI=1S/C15H16BrN5O/c1-10-13(16)14(18-20(10)3)15(22)19(2)8-11-9-21-7-5-4-6-12(21)17-11/h4-7,9H,8H2,1-3H3. The Balaban J connectivity index is 1.82. The summed E-state index contributed by atoms with van der Waals surface area (Å²) in [6.45, 7) is 2.35. The van der Waals surface area contributed by atoms with Gasteiger partial charge in [-0.15, -0.1) is 0 Å². The first kappa shape index (κ1) is 14.8. The summed E-state index contributed by atoms with van der Waals surface area (Å²) in [7, 11) is 3.57. The number of pyridine rings is 1. The number of aromatic nitrogens is 4. The van der Waals surface area contributed by atoms with Crippen LogP contribution >= 0.6 is 15.9 Å². The SMILES string of the molecule is Cc1c(Br)c(C(=O)N(C)Cc2cn3ccccc3n2)nn1C. The van der Waals surface area contributed by atoms with E-state index >= 15 is 0 Å². The Hall–Kier alpha value is -2.15. The van der Waals surface area contributed by atoms with Crippen LogP contribution in [0.1, 0.15) is 21.9 Å². The van der Waals surface area contributed by atoms with Gasteiger partial charge >= 0.3 is 0 Å². The van der Waals surface area contributed by atoms with Crippen molar-refractivity contribution < 1.29 is 4.79 Å². The summed E-state index contributed by atoms with van der Waals surface area (Å²) in [6, 6.07) is 5.82. The van der Waals surface area contributed by atoms with Crippen LogP contribution in [0.15, 0.2) is 35.1 Å². The molecule has 3 aromatic heterocycles. The van der Waals surface area contributed by atoms with Crippen molar-refractivity contribution in [3.05, 3.63) is 52.1 Å². The van der Waals surface area contributed by atoms with Crippen LogP contribution in [-0.4, -0.2) is 37.0 Å². The van der Waals surface area contributed by atoms with Crippen LogP contribution in [0.2, 0.25) is 0 Å². The lowest BCUT2D eigenvalue weighted by Gasteiger charge is -2.14. The largest absolute Gasteiger partial charge is 0.334 e. The highest BCUT2D eigenvalue weighted by molar-refractivity contribution is 9.10. The fourth-order valence-electron chi connectivity index (χ4n) is 2.28. The van der Waals surface area contributed by atoms with Gasteiger partial charge in [-0.05, 0) is 35.0 Å². The smallest absolute Gasteiger partial charge is 0.275 e. The molecule has 3 heterocycles. The van der Waals surface area contributed by atoms with E-state index in [0.29, 0.717) is 12.2 Å². The lowest BCUT2D eigenvalue weighted by molar-refractivity contribution is 0.0776. The highest BCUT2D eigenvalue weighted by Gasteiger charge is 2.21. The molecule has 0 aromatic carbocycles. The molecule has 0 radical (unpaired) electrons. The third-order valence-electron chi connectivity index (χ3n) is 3.62. The Morgan fingerprint density at radius 3 is 2.82 bits per heavy atom. The second-order valence-electron chi connectivity index (χ2n) is 5.23. The van der Waals surface area contributed by atoms with Gasteiger partial charge in [-0.2, -0.15) is 5.10 Å². The zero-order valence-electron chi connectivity index (χ0n) is 12.6. The van der Waals surface area contributed by atoms with Gasteiger partial charge in [0.15, 0.2) is 5.69 Å². The van der Waals surface area contributed by atoms with E-state index in [1.165, 1.54) is 0 Å². The molecule has 0 aliphatic carbocycles. The Morgan fingerprint density at radius 2 is 2.18 bits per heavy atom. The maximum absolute atomic E-state index is 12.5. The second kappa shape index (κ2) is 5.57. The van der Waals surface area contributed by atoms with Crippen molar-refractivity contribution in [1.29, 1.82) is 0 Å². The van der Waals surface area contributed by atoms with Crippen LogP contribution in [0.5, 0.6) is 0 Å². The van der Waals surface area contributed by atoms with Crippen molar-refractivity contribution in [3.63, 3.8) is 0 Å². The molecule has 0 spiro atoms. The maximum atomic E-state index is 12.5. The van der Waals surface area contributed by atoms with E-state index in [1.807, 2.05) is 49.0 Å². The Kier molecular flexibility index (Phi) is 3.74. The Morgan fingerprint density at radius 1 is 1.41 bits per heavy atom. The number of hydrogen-bond acceptors (Lipinski definition) is 3. The average Bonchev–Trinajstić information content (AvgIpc) is 3.02.